The Balaban J connectivity index is 1.75. The Hall–Kier alpha value is -1.00. The van der Waals surface area contributed by atoms with Gasteiger partial charge in [-0.2, -0.15) is 0 Å². The third-order valence-electron chi connectivity index (χ3n) is 3.93. The van der Waals surface area contributed by atoms with Crippen molar-refractivity contribution < 1.29 is 4.79 Å². The first-order valence-electron chi connectivity index (χ1n) is 6.50. The Kier molecular flexibility index (Phi) is 3.31. The summed E-state index contributed by atoms with van der Waals surface area (Å²) in [5, 5.41) is 0. The lowest BCUT2D eigenvalue weighted by Gasteiger charge is -2.20. The molecule has 18 heavy (non-hydrogen) atoms. The summed E-state index contributed by atoms with van der Waals surface area (Å²) in [7, 11) is 0. The summed E-state index contributed by atoms with van der Waals surface area (Å²) in [6.07, 6.45) is 1.06. The van der Waals surface area contributed by atoms with E-state index in [1.165, 1.54) is 10.5 Å². The van der Waals surface area contributed by atoms with Gasteiger partial charge in [0, 0.05) is 23.7 Å². The molecule has 96 valence electrons. The second-order valence-corrected chi connectivity index (χ2v) is 6.14. The molecule has 0 unspecified atom stereocenters. The molecule has 3 nitrogen and oxygen atoms in total. The lowest BCUT2D eigenvalue weighted by molar-refractivity contribution is -0.131. The zero-order chi connectivity index (χ0) is 12.5. The van der Waals surface area contributed by atoms with Gasteiger partial charge in [-0.25, -0.2) is 0 Å². The number of likely N-dealkylation sites (tertiary alicyclic amines) is 1. The van der Waals surface area contributed by atoms with Crippen LogP contribution < -0.4 is 5.73 Å². The number of nitrogens with zero attached hydrogens (tertiary/aromatic N) is 1. The van der Waals surface area contributed by atoms with E-state index < -0.39 is 0 Å². The van der Waals surface area contributed by atoms with Crippen molar-refractivity contribution in [2.75, 3.05) is 25.4 Å². The van der Waals surface area contributed by atoms with Crippen LogP contribution in [0.3, 0.4) is 0 Å². The van der Waals surface area contributed by atoms with Gasteiger partial charge in [0.25, 0.3) is 0 Å². The van der Waals surface area contributed by atoms with Gasteiger partial charge >= 0.3 is 0 Å². The van der Waals surface area contributed by atoms with Crippen LogP contribution in [-0.4, -0.2) is 36.2 Å². The molecule has 0 saturated carbocycles. The molecule has 2 N–H and O–H groups in total. The Bertz CT molecular complexity index is 463. The van der Waals surface area contributed by atoms with Crippen molar-refractivity contribution in [3.63, 3.8) is 0 Å². The summed E-state index contributed by atoms with van der Waals surface area (Å²) in [4.78, 5) is 15.8. The number of amides is 1. The molecule has 0 spiro atoms. The molecular formula is C14H18N2OS. The van der Waals surface area contributed by atoms with Crippen LogP contribution in [0.4, 0.5) is 0 Å². The number of nitrogens with two attached hydrogens (primary N) is 1. The number of benzene rings is 1. The van der Waals surface area contributed by atoms with E-state index in [0.29, 0.717) is 18.4 Å². The maximum atomic E-state index is 12.5. The SMILES string of the molecule is NC[C@@H]1CCN(C(=O)[C@@H]2CSc3ccccc32)C1. The fourth-order valence-corrected chi connectivity index (χ4v) is 4.03. The third-order valence-corrected chi connectivity index (χ3v) is 5.11. The normalized spacial score (nSPS) is 26.4. The summed E-state index contributed by atoms with van der Waals surface area (Å²) >= 11 is 1.80. The Morgan fingerprint density at radius 1 is 1.44 bits per heavy atom. The Morgan fingerprint density at radius 2 is 2.28 bits per heavy atom. The average Bonchev–Trinajstić information content (AvgIpc) is 3.04. The van der Waals surface area contributed by atoms with Crippen molar-refractivity contribution in [2.24, 2.45) is 11.7 Å². The zero-order valence-corrected chi connectivity index (χ0v) is 11.2. The molecular weight excluding hydrogens is 244 g/mol. The zero-order valence-electron chi connectivity index (χ0n) is 10.3. The fraction of sp³-hybridized carbons (Fsp3) is 0.500. The highest BCUT2D eigenvalue weighted by molar-refractivity contribution is 7.99. The van der Waals surface area contributed by atoms with Crippen molar-refractivity contribution >= 4 is 17.7 Å². The van der Waals surface area contributed by atoms with Crippen LogP contribution in [-0.2, 0) is 4.79 Å². The Morgan fingerprint density at radius 3 is 3.06 bits per heavy atom. The van der Waals surface area contributed by atoms with Crippen LogP contribution in [0.25, 0.3) is 0 Å². The highest BCUT2D eigenvalue weighted by atomic mass is 32.2. The van der Waals surface area contributed by atoms with Gasteiger partial charge in [0.2, 0.25) is 5.91 Å². The lowest BCUT2D eigenvalue weighted by atomic mass is 10.00. The molecule has 0 aromatic heterocycles. The summed E-state index contributed by atoms with van der Waals surface area (Å²) < 4.78 is 0. The number of hydrogen-bond acceptors (Lipinski definition) is 3. The second-order valence-electron chi connectivity index (χ2n) is 5.08. The highest BCUT2D eigenvalue weighted by Gasteiger charge is 2.34. The van der Waals surface area contributed by atoms with Crippen LogP contribution in [0.2, 0.25) is 0 Å². The maximum Gasteiger partial charge on any atom is 0.231 e. The molecule has 0 radical (unpaired) electrons. The molecule has 0 bridgehead atoms. The van der Waals surface area contributed by atoms with E-state index in [9.17, 15) is 4.79 Å². The number of hydrogen-bond donors (Lipinski definition) is 1. The van der Waals surface area contributed by atoms with E-state index in [4.69, 9.17) is 5.73 Å². The minimum absolute atomic E-state index is 0.0581. The first-order chi connectivity index (χ1) is 8.79. The maximum absolute atomic E-state index is 12.5. The van der Waals surface area contributed by atoms with Gasteiger partial charge in [-0.3, -0.25) is 4.79 Å². The van der Waals surface area contributed by atoms with Crippen LogP contribution in [0, 0.1) is 5.92 Å². The van der Waals surface area contributed by atoms with Crippen molar-refractivity contribution in [3.05, 3.63) is 29.8 Å². The third kappa shape index (κ3) is 2.04. The minimum atomic E-state index is 0.0581. The lowest BCUT2D eigenvalue weighted by Crippen LogP contribution is -2.34. The van der Waals surface area contributed by atoms with Gasteiger partial charge in [0.15, 0.2) is 0 Å². The topological polar surface area (TPSA) is 46.3 Å². The molecule has 1 aromatic carbocycles. The predicted octanol–water partition coefficient (Wildman–Crippen LogP) is 1.68. The molecule has 1 fully saturated rings. The van der Waals surface area contributed by atoms with Gasteiger partial charge in [0.05, 0.1) is 5.92 Å². The summed E-state index contributed by atoms with van der Waals surface area (Å²) in [6.45, 7) is 2.42. The first-order valence-corrected chi connectivity index (χ1v) is 7.48. The minimum Gasteiger partial charge on any atom is -0.342 e. The number of carbonyl (C=O) groups is 1. The van der Waals surface area contributed by atoms with E-state index in [1.54, 1.807) is 11.8 Å². The largest absolute Gasteiger partial charge is 0.342 e. The number of rotatable bonds is 2. The van der Waals surface area contributed by atoms with E-state index in [2.05, 4.69) is 12.1 Å². The van der Waals surface area contributed by atoms with Crippen molar-refractivity contribution in [1.82, 2.24) is 4.90 Å². The molecule has 2 aliphatic heterocycles. The van der Waals surface area contributed by atoms with Crippen molar-refractivity contribution in [3.8, 4) is 0 Å². The molecule has 4 heteroatoms. The standard InChI is InChI=1S/C14H18N2OS/c15-7-10-5-6-16(8-10)14(17)12-9-18-13-4-2-1-3-11(12)13/h1-4,10,12H,5-9,15H2/t10-,12+/m0/s1. The van der Waals surface area contributed by atoms with Crippen LogP contribution in [0.1, 0.15) is 17.9 Å². The highest BCUT2D eigenvalue weighted by Crippen LogP contribution is 2.40. The number of thioether (sulfide) groups is 1. The second kappa shape index (κ2) is 4.94. The summed E-state index contributed by atoms with van der Waals surface area (Å²) in [6, 6.07) is 8.27. The first kappa shape index (κ1) is 12.1. The summed E-state index contributed by atoms with van der Waals surface area (Å²) in [5.41, 5.74) is 6.90. The monoisotopic (exact) mass is 262 g/mol. The quantitative estimate of drug-likeness (QED) is 0.882. The smallest absolute Gasteiger partial charge is 0.231 e. The molecule has 1 saturated heterocycles. The predicted molar refractivity (Wildman–Crippen MR) is 73.6 cm³/mol. The van der Waals surface area contributed by atoms with Crippen LogP contribution in [0.15, 0.2) is 29.2 Å². The van der Waals surface area contributed by atoms with Gasteiger partial charge in [0.1, 0.15) is 0 Å². The van der Waals surface area contributed by atoms with E-state index in [1.807, 2.05) is 17.0 Å². The van der Waals surface area contributed by atoms with Crippen molar-refractivity contribution in [2.45, 2.75) is 17.2 Å². The van der Waals surface area contributed by atoms with Crippen LogP contribution >= 0.6 is 11.8 Å². The molecule has 2 atom stereocenters. The molecule has 0 aliphatic carbocycles. The number of carbonyl (C=O) groups excluding carboxylic acids is 1. The molecule has 1 amide bonds. The van der Waals surface area contributed by atoms with Gasteiger partial charge in [-0.15, -0.1) is 11.8 Å². The van der Waals surface area contributed by atoms with Gasteiger partial charge < -0.3 is 10.6 Å². The van der Waals surface area contributed by atoms with E-state index in [0.717, 1.165) is 25.3 Å². The molecule has 1 aromatic rings. The Labute approximate surface area is 112 Å². The molecule has 2 heterocycles. The molecule has 2 aliphatic rings. The van der Waals surface area contributed by atoms with Crippen molar-refractivity contribution in [1.29, 1.82) is 0 Å². The summed E-state index contributed by atoms with van der Waals surface area (Å²) in [5.74, 6) is 1.74. The average molecular weight is 262 g/mol. The molecule has 3 rings (SSSR count). The number of fused-ring (bicyclic) bond motifs is 1. The van der Waals surface area contributed by atoms with Gasteiger partial charge in [-0.1, -0.05) is 18.2 Å². The van der Waals surface area contributed by atoms with Crippen LogP contribution in [0.5, 0.6) is 0 Å². The van der Waals surface area contributed by atoms with E-state index in [-0.39, 0.29) is 5.92 Å². The van der Waals surface area contributed by atoms with Gasteiger partial charge in [-0.05, 0) is 30.5 Å². The fourth-order valence-electron chi connectivity index (χ4n) is 2.81. The van der Waals surface area contributed by atoms with E-state index >= 15 is 0 Å².